The molecule has 0 N–H and O–H groups in total. The van der Waals surface area contributed by atoms with Crippen LogP contribution >= 0.6 is 11.9 Å². The lowest BCUT2D eigenvalue weighted by atomic mass is 10.2. The van der Waals surface area contributed by atoms with E-state index < -0.39 is 17.9 Å². The quantitative estimate of drug-likeness (QED) is 0.443. The van der Waals surface area contributed by atoms with Crippen molar-refractivity contribution in [3.63, 3.8) is 0 Å². The third kappa shape index (κ3) is 2.23. The van der Waals surface area contributed by atoms with Gasteiger partial charge in [-0.3, -0.25) is 4.79 Å². The monoisotopic (exact) mass is 166 g/mol. The molecule has 10 heavy (non-hydrogen) atoms. The predicted octanol–water partition coefficient (Wildman–Crippen LogP) is 0.492. The molecule has 0 aromatic rings. The van der Waals surface area contributed by atoms with Gasteiger partial charge < -0.3 is 9.03 Å². The van der Waals surface area contributed by atoms with Crippen LogP contribution in [0.1, 0.15) is 6.92 Å². The van der Waals surface area contributed by atoms with Gasteiger partial charge in [0.25, 0.3) is 0 Å². The molecule has 0 saturated heterocycles. The van der Waals surface area contributed by atoms with Crippen LogP contribution in [-0.4, -0.2) is 19.0 Å². The first-order valence-electron chi connectivity index (χ1n) is 2.53. The number of esters is 1. The Morgan fingerprint density at radius 3 is 2.20 bits per heavy atom. The van der Waals surface area contributed by atoms with E-state index in [-0.39, 0.29) is 0 Å². The lowest BCUT2D eigenvalue weighted by molar-refractivity contribution is -0.154. The van der Waals surface area contributed by atoms with Crippen LogP contribution in [0, 0.1) is 5.92 Å². The van der Waals surface area contributed by atoms with Crippen LogP contribution in [0.3, 0.4) is 0 Å². The third-order valence-electron chi connectivity index (χ3n) is 0.984. The van der Waals surface area contributed by atoms with E-state index in [0.29, 0.717) is 0 Å². The van der Waals surface area contributed by atoms with E-state index in [9.17, 15) is 9.59 Å². The number of hydrogen-bond donors (Lipinski definition) is 0. The summed E-state index contributed by atoms with van der Waals surface area (Å²) in [6.07, 6.45) is 0. The summed E-state index contributed by atoms with van der Waals surface area (Å²) in [5.74, 6) is -2.43. The highest BCUT2D eigenvalue weighted by Gasteiger charge is 2.23. The molecule has 0 aromatic heterocycles. The van der Waals surface area contributed by atoms with E-state index in [4.69, 9.17) is 11.9 Å². The highest BCUT2D eigenvalue weighted by atomic mass is 35.5. The van der Waals surface area contributed by atoms with Gasteiger partial charge in [0.1, 0.15) is 11.9 Å². The lowest BCUT2D eigenvalue weighted by Crippen LogP contribution is -2.22. The largest absolute Gasteiger partial charge is 0.468 e. The molecule has 1 unspecified atom stereocenters. The Balaban J connectivity index is 3.94. The number of rotatable bonds is 2. The van der Waals surface area contributed by atoms with E-state index in [1.807, 2.05) is 0 Å². The summed E-state index contributed by atoms with van der Waals surface area (Å²) in [7, 11) is 1.18. The fourth-order valence-electron chi connectivity index (χ4n) is 0.340. The van der Waals surface area contributed by atoms with Crippen molar-refractivity contribution in [2.24, 2.45) is 5.92 Å². The van der Waals surface area contributed by atoms with E-state index in [1.54, 1.807) is 0 Å². The smallest absolute Gasteiger partial charge is 0.338 e. The average molecular weight is 167 g/mol. The Bertz CT molecular complexity index is 129. The maximum atomic E-state index is 10.5. The van der Waals surface area contributed by atoms with Crippen LogP contribution < -0.4 is 0 Å². The standard InChI is InChI=1S/C5H7ClO4/c1-3(4(7)9-2)5(8)10-6/h3H,1-2H3. The van der Waals surface area contributed by atoms with Gasteiger partial charge in [0, 0.05) is 0 Å². The van der Waals surface area contributed by atoms with Crippen LogP contribution in [0.25, 0.3) is 0 Å². The maximum Gasteiger partial charge on any atom is 0.338 e. The number of halogens is 1. The van der Waals surface area contributed by atoms with Gasteiger partial charge in [0.2, 0.25) is 0 Å². The molecule has 0 aromatic carbocycles. The van der Waals surface area contributed by atoms with Gasteiger partial charge in [-0.15, -0.1) is 0 Å². The molecule has 0 radical (unpaired) electrons. The third-order valence-corrected chi connectivity index (χ3v) is 1.14. The van der Waals surface area contributed by atoms with Crippen molar-refractivity contribution < 1.29 is 18.6 Å². The van der Waals surface area contributed by atoms with Gasteiger partial charge in [-0.25, -0.2) is 4.79 Å². The van der Waals surface area contributed by atoms with Crippen molar-refractivity contribution in [1.82, 2.24) is 0 Å². The molecule has 0 aliphatic carbocycles. The van der Waals surface area contributed by atoms with E-state index >= 15 is 0 Å². The van der Waals surface area contributed by atoms with Crippen LogP contribution in [0.4, 0.5) is 0 Å². The molecule has 1 atom stereocenters. The molecule has 0 heterocycles. The fraction of sp³-hybridized carbons (Fsp3) is 0.600. The minimum atomic E-state index is -0.956. The average Bonchev–Trinajstić information content (AvgIpc) is 2.00. The van der Waals surface area contributed by atoms with E-state index in [2.05, 4.69) is 9.03 Å². The first kappa shape index (κ1) is 9.23. The number of methoxy groups -OCH3 is 1. The summed E-state index contributed by atoms with van der Waals surface area (Å²) in [5, 5.41) is 0. The fourth-order valence-corrected chi connectivity index (χ4v) is 0.473. The van der Waals surface area contributed by atoms with Gasteiger partial charge in [-0.1, -0.05) is 0 Å². The molecule has 0 fully saturated rings. The highest BCUT2D eigenvalue weighted by molar-refractivity contribution is 6.15. The highest BCUT2D eigenvalue weighted by Crippen LogP contribution is 2.01. The van der Waals surface area contributed by atoms with Crippen molar-refractivity contribution in [3.8, 4) is 0 Å². The van der Waals surface area contributed by atoms with Gasteiger partial charge in [0.05, 0.1) is 7.11 Å². The molecule has 5 heteroatoms. The van der Waals surface area contributed by atoms with E-state index in [1.165, 1.54) is 14.0 Å². The maximum absolute atomic E-state index is 10.5. The number of carbonyl (C=O) groups excluding carboxylic acids is 2. The van der Waals surface area contributed by atoms with Gasteiger partial charge in [-0.2, -0.15) is 0 Å². The second kappa shape index (κ2) is 4.11. The van der Waals surface area contributed by atoms with Crippen molar-refractivity contribution in [1.29, 1.82) is 0 Å². The summed E-state index contributed by atoms with van der Waals surface area (Å²) in [6.45, 7) is 1.34. The number of ether oxygens (including phenoxy) is 1. The Labute approximate surface area is 63.2 Å². The second-order valence-corrected chi connectivity index (χ2v) is 1.80. The van der Waals surface area contributed by atoms with Gasteiger partial charge in [0.15, 0.2) is 5.92 Å². The molecule has 58 valence electrons. The molecule has 0 aliphatic rings. The molecule has 0 saturated carbocycles. The summed E-state index contributed by atoms with van der Waals surface area (Å²) in [4.78, 5) is 21.0. The van der Waals surface area contributed by atoms with Crippen molar-refractivity contribution in [2.75, 3.05) is 7.11 Å². The number of hydrogen-bond acceptors (Lipinski definition) is 4. The molecule has 0 amide bonds. The van der Waals surface area contributed by atoms with E-state index in [0.717, 1.165) is 0 Å². The molecule has 4 nitrogen and oxygen atoms in total. The van der Waals surface area contributed by atoms with Crippen molar-refractivity contribution in [3.05, 3.63) is 0 Å². The Kier molecular flexibility index (Phi) is 3.79. The SMILES string of the molecule is COC(=O)C(C)C(=O)OCl. The molecule has 0 aliphatic heterocycles. The molecular weight excluding hydrogens is 160 g/mol. The molecule has 0 spiro atoms. The molecular formula is C5H7ClO4. The Morgan fingerprint density at radius 2 is 1.90 bits per heavy atom. The van der Waals surface area contributed by atoms with Crippen molar-refractivity contribution >= 4 is 23.8 Å². The number of carbonyl (C=O) groups is 2. The summed E-state index contributed by atoms with van der Waals surface area (Å²) >= 11 is 4.69. The van der Waals surface area contributed by atoms with Crippen LogP contribution in [0.5, 0.6) is 0 Å². The minimum Gasteiger partial charge on any atom is -0.468 e. The van der Waals surface area contributed by atoms with Gasteiger partial charge >= 0.3 is 11.9 Å². The Hall–Kier alpha value is -0.770. The predicted molar refractivity (Wildman–Crippen MR) is 33.1 cm³/mol. The summed E-state index contributed by atoms with van der Waals surface area (Å²) < 4.78 is 8.00. The lowest BCUT2D eigenvalue weighted by Gasteiger charge is -2.02. The van der Waals surface area contributed by atoms with Crippen LogP contribution in [-0.2, 0) is 18.6 Å². The topological polar surface area (TPSA) is 52.6 Å². The minimum absolute atomic E-state index is 0.661. The first-order chi connectivity index (χ1) is 4.63. The van der Waals surface area contributed by atoms with Crippen LogP contribution in [0.2, 0.25) is 0 Å². The Morgan fingerprint density at radius 1 is 1.40 bits per heavy atom. The zero-order valence-electron chi connectivity index (χ0n) is 5.59. The normalized spacial score (nSPS) is 11.9. The summed E-state index contributed by atoms with van der Waals surface area (Å²) in [5.41, 5.74) is 0. The van der Waals surface area contributed by atoms with Crippen molar-refractivity contribution in [2.45, 2.75) is 6.92 Å². The first-order valence-corrected chi connectivity index (χ1v) is 2.84. The molecule has 0 bridgehead atoms. The zero-order chi connectivity index (χ0) is 8.15. The zero-order valence-corrected chi connectivity index (χ0v) is 6.34. The van der Waals surface area contributed by atoms with Gasteiger partial charge in [-0.05, 0) is 6.92 Å². The summed E-state index contributed by atoms with van der Waals surface area (Å²) in [6, 6.07) is 0. The molecule has 0 rings (SSSR count). The van der Waals surface area contributed by atoms with Crippen LogP contribution in [0.15, 0.2) is 0 Å². The second-order valence-electron chi connectivity index (χ2n) is 1.64.